The van der Waals surface area contributed by atoms with Crippen LogP contribution in [0.25, 0.3) is 0 Å². The molecule has 0 heterocycles. The summed E-state index contributed by atoms with van der Waals surface area (Å²) in [6.45, 7) is 6.26. The van der Waals surface area contributed by atoms with Crippen LogP contribution in [0.1, 0.15) is 29.2 Å². The SMILES string of the molecule is Cc1cccc(C(C)(N)c2ccc(Cl)cc2)c1C. The van der Waals surface area contributed by atoms with Crippen molar-refractivity contribution in [1.29, 1.82) is 0 Å². The van der Waals surface area contributed by atoms with Gasteiger partial charge in [-0.1, -0.05) is 41.9 Å². The van der Waals surface area contributed by atoms with Gasteiger partial charge in [-0.3, -0.25) is 0 Å². The summed E-state index contributed by atoms with van der Waals surface area (Å²) in [7, 11) is 0. The van der Waals surface area contributed by atoms with Crippen molar-refractivity contribution in [3.63, 3.8) is 0 Å². The third-order valence-electron chi connectivity index (χ3n) is 3.61. The van der Waals surface area contributed by atoms with Gasteiger partial charge in [0.2, 0.25) is 0 Å². The normalized spacial score (nSPS) is 14.3. The minimum atomic E-state index is -0.499. The highest BCUT2D eigenvalue weighted by molar-refractivity contribution is 6.30. The molecule has 0 amide bonds. The molecule has 2 rings (SSSR count). The van der Waals surface area contributed by atoms with E-state index in [2.05, 4.69) is 32.0 Å². The van der Waals surface area contributed by atoms with Crippen LogP contribution in [-0.2, 0) is 5.54 Å². The molecule has 94 valence electrons. The van der Waals surface area contributed by atoms with Gasteiger partial charge in [-0.25, -0.2) is 0 Å². The van der Waals surface area contributed by atoms with Crippen molar-refractivity contribution in [3.05, 3.63) is 69.7 Å². The lowest BCUT2D eigenvalue weighted by atomic mass is 9.82. The average molecular weight is 260 g/mol. The molecule has 1 nitrogen and oxygen atoms in total. The largest absolute Gasteiger partial charge is 0.318 e. The molecule has 2 aromatic rings. The number of hydrogen-bond donors (Lipinski definition) is 1. The van der Waals surface area contributed by atoms with Crippen LogP contribution in [0, 0.1) is 13.8 Å². The summed E-state index contributed by atoms with van der Waals surface area (Å²) in [6, 6.07) is 14.0. The Labute approximate surface area is 114 Å². The van der Waals surface area contributed by atoms with Gasteiger partial charge in [0.1, 0.15) is 0 Å². The number of benzene rings is 2. The fraction of sp³-hybridized carbons (Fsp3) is 0.250. The molecule has 2 heteroatoms. The lowest BCUT2D eigenvalue weighted by molar-refractivity contribution is 0.598. The van der Waals surface area contributed by atoms with Gasteiger partial charge in [0.05, 0.1) is 5.54 Å². The Hall–Kier alpha value is -1.31. The van der Waals surface area contributed by atoms with Crippen molar-refractivity contribution in [1.82, 2.24) is 0 Å². The lowest BCUT2D eigenvalue weighted by Crippen LogP contribution is -2.35. The van der Waals surface area contributed by atoms with Crippen molar-refractivity contribution in [2.75, 3.05) is 0 Å². The van der Waals surface area contributed by atoms with Crippen LogP contribution in [0.15, 0.2) is 42.5 Å². The molecular weight excluding hydrogens is 242 g/mol. The van der Waals surface area contributed by atoms with Crippen LogP contribution in [-0.4, -0.2) is 0 Å². The molecule has 0 saturated carbocycles. The molecule has 1 atom stereocenters. The molecule has 2 N–H and O–H groups in total. The van der Waals surface area contributed by atoms with Gasteiger partial charge < -0.3 is 5.73 Å². The first-order valence-corrected chi connectivity index (χ1v) is 6.42. The fourth-order valence-electron chi connectivity index (χ4n) is 2.27. The summed E-state index contributed by atoms with van der Waals surface area (Å²) in [4.78, 5) is 0. The Bertz CT molecular complexity index is 556. The molecule has 0 aliphatic heterocycles. The van der Waals surface area contributed by atoms with Gasteiger partial charge in [0.25, 0.3) is 0 Å². The number of nitrogens with two attached hydrogens (primary N) is 1. The lowest BCUT2D eigenvalue weighted by Gasteiger charge is -2.28. The molecule has 0 radical (unpaired) electrons. The highest BCUT2D eigenvalue weighted by atomic mass is 35.5. The maximum absolute atomic E-state index is 6.54. The predicted molar refractivity (Wildman–Crippen MR) is 78.0 cm³/mol. The van der Waals surface area contributed by atoms with Gasteiger partial charge in [0.15, 0.2) is 0 Å². The molecule has 0 bridgehead atoms. The average Bonchev–Trinajstić information content (AvgIpc) is 2.33. The Kier molecular flexibility index (Phi) is 3.47. The van der Waals surface area contributed by atoms with E-state index in [1.165, 1.54) is 11.1 Å². The first kappa shape index (κ1) is 13.1. The van der Waals surface area contributed by atoms with E-state index >= 15 is 0 Å². The zero-order valence-electron chi connectivity index (χ0n) is 11.0. The Morgan fingerprint density at radius 3 is 2.22 bits per heavy atom. The Morgan fingerprint density at radius 2 is 1.61 bits per heavy atom. The monoisotopic (exact) mass is 259 g/mol. The zero-order valence-corrected chi connectivity index (χ0v) is 11.8. The van der Waals surface area contributed by atoms with Crippen molar-refractivity contribution < 1.29 is 0 Å². The van der Waals surface area contributed by atoms with Gasteiger partial charge >= 0.3 is 0 Å². The van der Waals surface area contributed by atoms with Crippen molar-refractivity contribution in [2.24, 2.45) is 5.73 Å². The van der Waals surface area contributed by atoms with Gasteiger partial charge in [-0.15, -0.1) is 0 Å². The van der Waals surface area contributed by atoms with E-state index in [4.69, 9.17) is 17.3 Å². The van der Waals surface area contributed by atoms with E-state index in [0.717, 1.165) is 16.1 Å². The summed E-state index contributed by atoms with van der Waals surface area (Å²) < 4.78 is 0. The van der Waals surface area contributed by atoms with E-state index in [0.29, 0.717) is 0 Å². The first-order valence-electron chi connectivity index (χ1n) is 6.04. The molecule has 0 spiro atoms. The Morgan fingerprint density at radius 1 is 1.00 bits per heavy atom. The highest BCUT2D eigenvalue weighted by Gasteiger charge is 2.25. The Balaban J connectivity index is 2.54. The number of hydrogen-bond acceptors (Lipinski definition) is 1. The van der Waals surface area contributed by atoms with Crippen molar-refractivity contribution in [3.8, 4) is 0 Å². The second-order valence-electron chi connectivity index (χ2n) is 4.96. The molecule has 2 aromatic carbocycles. The maximum Gasteiger partial charge on any atom is 0.0639 e. The van der Waals surface area contributed by atoms with Crippen molar-refractivity contribution in [2.45, 2.75) is 26.3 Å². The van der Waals surface area contributed by atoms with E-state index in [-0.39, 0.29) is 0 Å². The molecule has 0 aliphatic carbocycles. The van der Waals surface area contributed by atoms with Crippen LogP contribution in [0.2, 0.25) is 5.02 Å². The van der Waals surface area contributed by atoms with Crippen LogP contribution >= 0.6 is 11.6 Å². The van der Waals surface area contributed by atoms with Crippen LogP contribution in [0.3, 0.4) is 0 Å². The topological polar surface area (TPSA) is 26.0 Å². The smallest absolute Gasteiger partial charge is 0.0639 e. The number of halogens is 1. The predicted octanol–water partition coefficient (Wildman–Crippen LogP) is 4.18. The summed E-state index contributed by atoms with van der Waals surface area (Å²) in [5.41, 5.74) is 10.8. The summed E-state index contributed by atoms with van der Waals surface area (Å²) in [6.07, 6.45) is 0. The third-order valence-corrected chi connectivity index (χ3v) is 3.86. The summed E-state index contributed by atoms with van der Waals surface area (Å²) >= 11 is 5.92. The molecule has 0 aromatic heterocycles. The van der Waals surface area contributed by atoms with E-state index in [9.17, 15) is 0 Å². The van der Waals surface area contributed by atoms with Gasteiger partial charge in [-0.05, 0) is 55.2 Å². The zero-order chi connectivity index (χ0) is 13.3. The molecule has 18 heavy (non-hydrogen) atoms. The molecule has 0 fully saturated rings. The third kappa shape index (κ3) is 2.29. The van der Waals surface area contributed by atoms with E-state index in [1.54, 1.807) is 0 Å². The standard InChI is InChI=1S/C16H18ClN/c1-11-5-4-6-15(12(11)2)16(3,18)13-7-9-14(17)10-8-13/h4-10H,18H2,1-3H3. The minimum Gasteiger partial charge on any atom is -0.318 e. The van der Waals surface area contributed by atoms with Gasteiger partial charge in [0, 0.05) is 5.02 Å². The van der Waals surface area contributed by atoms with E-state index < -0.39 is 5.54 Å². The number of rotatable bonds is 2. The van der Waals surface area contributed by atoms with Crippen LogP contribution in [0.4, 0.5) is 0 Å². The maximum atomic E-state index is 6.54. The molecule has 1 unspecified atom stereocenters. The second-order valence-corrected chi connectivity index (χ2v) is 5.39. The fourth-order valence-corrected chi connectivity index (χ4v) is 2.39. The summed E-state index contributed by atoms with van der Waals surface area (Å²) in [5.74, 6) is 0. The van der Waals surface area contributed by atoms with Crippen LogP contribution in [0.5, 0.6) is 0 Å². The quantitative estimate of drug-likeness (QED) is 0.860. The molecule has 0 aliphatic rings. The number of aryl methyl sites for hydroxylation is 1. The van der Waals surface area contributed by atoms with Crippen LogP contribution < -0.4 is 5.73 Å². The van der Waals surface area contributed by atoms with E-state index in [1.807, 2.05) is 31.2 Å². The molecule has 0 saturated heterocycles. The summed E-state index contributed by atoms with van der Waals surface area (Å²) in [5, 5.41) is 0.732. The minimum absolute atomic E-state index is 0.499. The molecular formula is C16H18ClN. The van der Waals surface area contributed by atoms with Gasteiger partial charge in [-0.2, -0.15) is 0 Å². The highest BCUT2D eigenvalue weighted by Crippen LogP contribution is 2.30. The first-order chi connectivity index (χ1) is 8.43. The van der Waals surface area contributed by atoms with Crippen molar-refractivity contribution >= 4 is 11.6 Å². The second kappa shape index (κ2) is 4.75.